The summed E-state index contributed by atoms with van der Waals surface area (Å²) < 4.78 is 5.19. The van der Waals surface area contributed by atoms with Crippen LogP contribution in [0.4, 0.5) is 0 Å². The van der Waals surface area contributed by atoms with E-state index in [1.807, 2.05) is 13.0 Å². The fourth-order valence-electron chi connectivity index (χ4n) is 1.66. The SMILES string of the molecule is Cc1cc([C@@H]2CNC[C@H]2O)co1. The molecule has 0 amide bonds. The fourth-order valence-corrected chi connectivity index (χ4v) is 1.66. The standard InChI is InChI=1S/C9H13NO2/c1-6-2-7(5-12-6)8-3-10-4-9(8)11/h2,5,8-11H,3-4H2,1H3/t8-,9+/m0/s1. The van der Waals surface area contributed by atoms with E-state index in [2.05, 4.69) is 5.32 Å². The third-order valence-electron chi connectivity index (χ3n) is 2.36. The second-order valence-electron chi connectivity index (χ2n) is 3.32. The molecule has 1 saturated heterocycles. The molecule has 66 valence electrons. The van der Waals surface area contributed by atoms with Crippen molar-refractivity contribution >= 4 is 0 Å². The first-order chi connectivity index (χ1) is 5.77. The molecule has 3 heteroatoms. The maximum Gasteiger partial charge on any atom is 0.100 e. The van der Waals surface area contributed by atoms with E-state index >= 15 is 0 Å². The quantitative estimate of drug-likeness (QED) is 0.645. The lowest BCUT2D eigenvalue weighted by molar-refractivity contribution is 0.177. The number of rotatable bonds is 1. The molecule has 3 nitrogen and oxygen atoms in total. The number of aryl methyl sites for hydroxylation is 1. The first-order valence-electron chi connectivity index (χ1n) is 4.21. The lowest BCUT2D eigenvalue weighted by Crippen LogP contribution is -2.15. The molecule has 12 heavy (non-hydrogen) atoms. The highest BCUT2D eigenvalue weighted by molar-refractivity contribution is 5.20. The number of nitrogens with one attached hydrogen (secondary N) is 1. The van der Waals surface area contributed by atoms with Crippen molar-refractivity contribution in [2.24, 2.45) is 0 Å². The topological polar surface area (TPSA) is 45.4 Å². The van der Waals surface area contributed by atoms with E-state index in [1.54, 1.807) is 6.26 Å². The Kier molecular flexibility index (Phi) is 1.90. The van der Waals surface area contributed by atoms with Crippen molar-refractivity contribution in [2.75, 3.05) is 13.1 Å². The van der Waals surface area contributed by atoms with E-state index in [4.69, 9.17) is 4.42 Å². The second-order valence-corrected chi connectivity index (χ2v) is 3.32. The number of aliphatic hydroxyl groups excluding tert-OH is 1. The Hall–Kier alpha value is -0.800. The van der Waals surface area contributed by atoms with Crippen LogP contribution in [-0.2, 0) is 0 Å². The van der Waals surface area contributed by atoms with Gasteiger partial charge in [-0.05, 0) is 18.6 Å². The van der Waals surface area contributed by atoms with Crippen LogP contribution in [0.5, 0.6) is 0 Å². The van der Waals surface area contributed by atoms with E-state index < -0.39 is 0 Å². The zero-order valence-corrected chi connectivity index (χ0v) is 7.08. The van der Waals surface area contributed by atoms with Gasteiger partial charge in [0.25, 0.3) is 0 Å². The molecule has 2 heterocycles. The van der Waals surface area contributed by atoms with E-state index in [1.165, 1.54) is 0 Å². The fraction of sp³-hybridized carbons (Fsp3) is 0.556. The molecule has 0 aliphatic carbocycles. The highest BCUT2D eigenvalue weighted by Crippen LogP contribution is 2.24. The summed E-state index contributed by atoms with van der Waals surface area (Å²) in [6.45, 7) is 3.45. The van der Waals surface area contributed by atoms with Crippen LogP contribution in [-0.4, -0.2) is 24.3 Å². The minimum absolute atomic E-state index is 0.211. The van der Waals surface area contributed by atoms with Crippen molar-refractivity contribution < 1.29 is 9.52 Å². The first-order valence-corrected chi connectivity index (χ1v) is 4.21. The molecule has 2 atom stereocenters. The maximum atomic E-state index is 9.55. The molecule has 0 aromatic carbocycles. The first kappa shape index (κ1) is 7.83. The number of aliphatic hydroxyl groups is 1. The third-order valence-corrected chi connectivity index (χ3v) is 2.36. The lowest BCUT2D eigenvalue weighted by Gasteiger charge is -2.09. The maximum absolute atomic E-state index is 9.55. The van der Waals surface area contributed by atoms with E-state index in [-0.39, 0.29) is 12.0 Å². The number of β-amino-alcohol motifs (C(OH)–C–C–N with tert-alkyl or cyclic N) is 1. The van der Waals surface area contributed by atoms with Crippen LogP contribution in [0.25, 0.3) is 0 Å². The molecule has 2 rings (SSSR count). The highest BCUT2D eigenvalue weighted by atomic mass is 16.3. The molecule has 1 aliphatic rings. The van der Waals surface area contributed by atoms with E-state index in [9.17, 15) is 5.11 Å². The zero-order chi connectivity index (χ0) is 8.55. The summed E-state index contributed by atoms with van der Waals surface area (Å²) in [5.74, 6) is 1.12. The molecule has 0 bridgehead atoms. The van der Waals surface area contributed by atoms with Gasteiger partial charge in [-0.2, -0.15) is 0 Å². The summed E-state index contributed by atoms with van der Waals surface area (Å²) in [5.41, 5.74) is 1.10. The molecular formula is C9H13NO2. The van der Waals surface area contributed by atoms with Crippen LogP contribution in [0.1, 0.15) is 17.2 Å². The van der Waals surface area contributed by atoms with Crippen molar-refractivity contribution in [1.29, 1.82) is 0 Å². The number of hydrogen-bond acceptors (Lipinski definition) is 3. The summed E-state index contributed by atoms with van der Waals surface area (Å²) in [4.78, 5) is 0. The molecule has 0 spiro atoms. The van der Waals surface area contributed by atoms with Crippen LogP contribution in [0.3, 0.4) is 0 Å². The van der Waals surface area contributed by atoms with Gasteiger partial charge in [0, 0.05) is 19.0 Å². The van der Waals surface area contributed by atoms with Gasteiger partial charge in [-0.3, -0.25) is 0 Å². The molecular weight excluding hydrogens is 154 g/mol. The smallest absolute Gasteiger partial charge is 0.100 e. The minimum atomic E-state index is -0.262. The van der Waals surface area contributed by atoms with Gasteiger partial charge in [-0.1, -0.05) is 0 Å². The Labute approximate surface area is 71.4 Å². The van der Waals surface area contributed by atoms with Gasteiger partial charge in [0.15, 0.2) is 0 Å². The van der Waals surface area contributed by atoms with Gasteiger partial charge < -0.3 is 14.8 Å². The van der Waals surface area contributed by atoms with Gasteiger partial charge in [-0.15, -0.1) is 0 Å². The van der Waals surface area contributed by atoms with Gasteiger partial charge in [0.1, 0.15) is 5.76 Å². The molecule has 1 aromatic rings. The average molecular weight is 167 g/mol. The molecule has 1 aromatic heterocycles. The summed E-state index contributed by atoms with van der Waals surface area (Å²) in [5, 5.41) is 12.7. The highest BCUT2D eigenvalue weighted by Gasteiger charge is 2.27. The van der Waals surface area contributed by atoms with Gasteiger partial charge in [-0.25, -0.2) is 0 Å². The van der Waals surface area contributed by atoms with Crippen molar-refractivity contribution in [3.8, 4) is 0 Å². The minimum Gasteiger partial charge on any atom is -0.469 e. The summed E-state index contributed by atoms with van der Waals surface area (Å²) >= 11 is 0. The predicted octanol–water partition coefficient (Wildman–Crippen LogP) is 0.636. The van der Waals surface area contributed by atoms with Crippen LogP contribution in [0.15, 0.2) is 16.7 Å². The Bertz CT molecular complexity index is 269. The molecule has 0 radical (unpaired) electrons. The van der Waals surface area contributed by atoms with Crippen LogP contribution in [0.2, 0.25) is 0 Å². The summed E-state index contributed by atoms with van der Waals surface area (Å²) in [6.07, 6.45) is 1.47. The van der Waals surface area contributed by atoms with Gasteiger partial charge >= 0.3 is 0 Å². The molecule has 1 fully saturated rings. The largest absolute Gasteiger partial charge is 0.469 e. The van der Waals surface area contributed by atoms with Crippen LogP contribution < -0.4 is 5.32 Å². The van der Waals surface area contributed by atoms with Crippen LogP contribution in [0, 0.1) is 6.92 Å². The molecule has 0 saturated carbocycles. The molecule has 0 unspecified atom stereocenters. The summed E-state index contributed by atoms with van der Waals surface area (Å²) in [6, 6.07) is 1.99. The van der Waals surface area contributed by atoms with Crippen molar-refractivity contribution in [1.82, 2.24) is 5.32 Å². The third kappa shape index (κ3) is 1.26. The normalized spacial score (nSPS) is 29.5. The Morgan fingerprint density at radius 2 is 2.42 bits per heavy atom. The van der Waals surface area contributed by atoms with Crippen molar-refractivity contribution in [2.45, 2.75) is 18.9 Å². The second kappa shape index (κ2) is 2.92. The Morgan fingerprint density at radius 3 is 2.92 bits per heavy atom. The Balaban J connectivity index is 2.19. The zero-order valence-electron chi connectivity index (χ0n) is 7.08. The summed E-state index contributed by atoms with van der Waals surface area (Å²) in [7, 11) is 0. The number of hydrogen-bond donors (Lipinski definition) is 2. The Morgan fingerprint density at radius 1 is 1.58 bits per heavy atom. The van der Waals surface area contributed by atoms with Crippen molar-refractivity contribution in [3.63, 3.8) is 0 Å². The van der Waals surface area contributed by atoms with Crippen molar-refractivity contribution in [3.05, 3.63) is 23.7 Å². The number of furan rings is 1. The van der Waals surface area contributed by atoms with E-state index in [0.29, 0.717) is 6.54 Å². The lowest BCUT2D eigenvalue weighted by atomic mass is 9.99. The molecule has 1 aliphatic heterocycles. The predicted molar refractivity (Wildman–Crippen MR) is 45.1 cm³/mol. The van der Waals surface area contributed by atoms with Gasteiger partial charge in [0.05, 0.1) is 12.4 Å². The van der Waals surface area contributed by atoms with Gasteiger partial charge in [0.2, 0.25) is 0 Å². The monoisotopic (exact) mass is 167 g/mol. The molecule has 2 N–H and O–H groups in total. The van der Waals surface area contributed by atoms with Crippen LogP contribution >= 0.6 is 0 Å². The average Bonchev–Trinajstić information content (AvgIpc) is 2.58. The van der Waals surface area contributed by atoms with E-state index in [0.717, 1.165) is 17.9 Å².